The van der Waals surface area contributed by atoms with E-state index in [4.69, 9.17) is 4.74 Å². The Morgan fingerprint density at radius 3 is 2.23 bits per heavy atom. The summed E-state index contributed by atoms with van der Waals surface area (Å²) in [6, 6.07) is 7.47. The number of hydrogen-bond acceptors (Lipinski definition) is 6. The Morgan fingerprint density at radius 1 is 1.13 bits per heavy atom. The molecule has 0 radical (unpaired) electrons. The topological polar surface area (TPSA) is 117 Å². The molecule has 1 atom stereocenters. The van der Waals surface area contributed by atoms with Gasteiger partial charge in [-0.2, -0.15) is 5.26 Å². The van der Waals surface area contributed by atoms with Crippen molar-refractivity contribution in [1.82, 2.24) is 10.2 Å². The van der Waals surface area contributed by atoms with E-state index < -0.39 is 41.9 Å². The second kappa shape index (κ2) is 9.29. The minimum absolute atomic E-state index is 0.000198. The average Bonchev–Trinajstić information content (AvgIpc) is 3.01. The molecule has 31 heavy (non-hydrogen) atoms. The lowest BCUT2D eigenvalue weighted by Crippen LogP contribution is -2.51. The Hall–Kier alpha value is -3.21. The number of carbonyl (C=O) groups excluding carboxylic acids is 4. The Bertz CT molecular complexity index is 892. The number of fused-ring (bicyclic) bond motifs is 1. The standard InChI is InChI=1S/C23H27N3O5/c1-15(2)12-18(26-20(28)16-8-4-5-9-17(16)21(26)29)22(30)31-13-19(27)25-23(14-24)10-6-3-7-11-23/h4-5,8-9,15,18H,3,6-7,10-13H2,1-2H3,(H,25,27)/t18-/m1/s1. The summed E-state index contributed by atoms with van der Waals surface area (Å²) in [5.74, 6) is -2.47. The number of imide groups is 1. The lowest BCUT2D eigenvalue weighted by molar-refractivity contribution is -0.153. The van der Waals surface area contributed by atoms with E-state index in [1.807, 2.05) is 13.8 Å². The van der Waals surface area contributed by atoms with E-state index in [2.05, 4.69) is 11.4 Å². The second-order valence-electron chi connectivity index (χ2n) is 8.58. The Kier molecular flexibility index (Phi) is 6.74. The highest BCUT2D eigenvalue weighted by atomic mass is 16.5. The van der Waals surface area contributed by atoms with Gasteiger partial charge >= 0.3 is 5.97 Å². The molecule has 0 unspecified atom stereocenters. The summed E-state index contributed by atoms with van der Waals surface area (Å²) in [7, 11) is 0. The number of amides is 3. The fraction of sp³-hybridized carbons (Fsp3) is 0.522. The molecule has 2 aliphatic rings. The van der Waals surface area contributed by atoms with Crippen LogP contribution >= 0.6 is 0 Å². The first kappa shape index (κ1) is 22.5. The van der Waals surface area contributed by atoms with Crippen molar-refractivity contribution in [2.24, 2.45) is 5.92 Å². The van der Waals surface area contributed by atoms with Gasteiger partial charge in [-0.1, -0.05) is 45.2 Å². The van der Waals surface area contributed by atoms with Gasteiger partial charge in [-0.25, -0.2) is 4.79 Å². The third-order valence-electron chi connectivity index (χ3n) is 5.75. The molecule has 8 heteroatoms. The number of rotatable bonds is 7. The summed E-state index contributed by atoms with van der Waals surface area (Å²) >= 11 is 0. The van der Waals surface area contributed by atoms with E-state index in [1.54, 1.807) is 24.3 Å². The van der Waals surface area contributed by atoms with E-state index in [0.717, 1.165) is 24.2 Å². The smallest absolute Gasteiger partial charge is 0.329 e. The number of nitrogens with zero attached hydrogens (tertiary/aromatic N) is 2. The van der Waals surface area contributed by atoms with Crippen LogP contribution in [-0.4, -0.2) is 46.8 Å². The molecule has 1 aromatic rings. The van der Waals surface area contributed by atoms with E-state index >= 15 is 0 Å². The van der Waals surface area contributed by atoms with Gasteiger partial charge < -0.3 is 10.1 Å². The zero-order valence-electron chi connectivity index (χ0n) is 17.8. The largest absolute Gasteiger partial charge is 0.454 e. The molecular weight excluding hydrogens is 398 g/mol. The first-order valence-electron chi connectivity index (χ1n) is 10.6. The van der Waals surface area contributed by atoms with Crippen molar-refractivity contribution in [2.75, 3.05) is 6.61 Å². The number of nitriles is 1. The van der Waals surface area contributed by atoms with Crippen molar-refractivity contribution < 1.29 is 23.9 Å². The number of esters is 1. The average molecular weight is 425 g/mol. The van der Waals surface area contributed by atoms with Crippen LogP contribution in [-0.2, 0) is 14.3 Å². The maximum atomic E-state index is 12.8. The number of carbonyl (C=O) groups is 4. The predicted octanol–water partition coefficient (Wildman–Crippen LogP) is 2.58. The molecule has 8 nitrogen and oxygen atoms in total. The third kappa shape index (κ3) is 4.76. The van der Waals surface area contributed by atoms with Gasteiger partial charge in [0.15, 0.2) is 6.61 Å². The molecule has 164 valence electrons. The maximum Gasteiger partial charge on any atom is 0.329 e. The zero-order chi connectivity index (χ0) is 22.6. The summed E-state index contributed by atoms with van der Waals surface area (Å²) in [5, 5.41) is 12.2. The van der Waals surface area contributed by atoms with Gasteiger partial charge in [-0.3, -0.25) is 19.3 Å². The van der Waals surface area contributed by atoms with Crippen molar-refractivity contribution in [2.45, 2.75) is 64.0 Å². The predicted molar refractivity (Wildman–Crippen MR) is 111 cm³/mol. The van der Waals surface area contributed by atoms with Gasteiger partial charge in [0.25, 0.3) is 17.7 Å². The minimum Gasteiger partial charge on any atom is -0.454 e. The fourth-order valence-electron chi connectivity index (χ4n) is 4.20. The maximum absolute atomic E-state index is 12.8. The van der Waals surface area contributed by atoms with Crippen LogP contribution in [0, 0.1) is 17.2 Å². The highest BCUT2D eigenvalue weighted by Gasteiger charge is 2.43. The molecule has 1 aliphatic carbocycles. The summed E-state index contributed by atoms with van der Waals surface area (Å²) in [4.78, 5) is 51.7. The normalized spacial score (nSPS) is 18.3. The molecule has 1 saturated carbocycles. The number of hydrogen-bond donors (Lipinski definition) is 1. The molecule has 1 N–H and O–H groups in total. The quantitative estimate of drug-likeness (QED) is 0.530. The molecule has 0 saturated heterocycles. The summed E-state index contributed by atoms with van der Waals surface area (Å²) < 4.78 is 5.20. The van der Waals surface area contributed by atoms with Crippen molar-refractivity contribution in [3.63, 3.8) is 0 Å². The van der Waals surface area contributed by atoms with Crippen LogP contribution in [0.1, 0.15) is 73.1 Å². The number of benzene rings is 1. The van der Waals surface area contributed by atoms with Crippen LogP contribution in [0.5, 0.6) is 0 Å². The fourth-order valence-corrected chi connectivity index (χ4v) is 4.20. The van der Waals surface area contributed by atoms with E-state index in [9.17, 15) is 24.4 Å². The van der Waals surface area contributed by atoms with Crippen LogP contribution in [0.4, 0.5) is 0 Å². The van der Waals surface area contributed by atoms with Crippen molar-refractivity contribution >= 4 is 23.7 Å². The molecule has 1 heterocycles. The van der Waals surface area contributed by atoms with Crippen molar-refractivity contribution in [1.29, 1.82) is 5.26 Å². The molecule has 0 bridgehead atoms. The molecular formula is C23H27N3O5. The van der Waals surface area contributed by atoms with Crippen LogP contribution in [0.3, 0.4) is 0 Å². The van der Waals surface area contributed by atoms with Gasteiger partial charge in [0.1, 0.15) is 11.6 Å². The van der Waals surface area contributed by atoms with E-state index in [0.29, 0.717) is 12.8 Å². The molecule has 3 amide bonds. The summed E-state index contributed by atoms with van der Waals surface area (Å²) in [6.07, 6.45) is 4.07. The SMILES string of the molecule is CC(C)C[C@H](C(=O)OCC(=O)NC1(C#N)CCCCC1)N1C(=O)c2ccccc2C1=O. The third-order valence-corrected chi connectivity index (χ3v) is 5.75. The van der Waals surface area contributed by atoms with Crippen LogP contribution < -0.4 is 5.32 Å². The summed E-state index contributed by atoms with van der Waals surface area (Å²) in [5.41, 5.74) is -0.429. The number of nitrogens with one attached hydrogen (secondary N) is 1. The van der Waals surface area contributed by atoms with Crippen LogP contribution in [0.2, 0.25) is 0 Å². The molecule has 0 spiro atoms. The van der Waals surface area contributed by atoms with Gasteiger partial charge in [0.2, 0.25) is 0 Å². The van der Waals surface area contributed by atoms with Crippen LogP contribution in [0.25, 0.3) is 0 Å². The van der Waals surface area contributed by atoms with E-state index in [-0.39, 0.29) is 23.5 Å². The molecule has 1 aliphatic heterocycles. The lowest BCUT2D eigenvalue weighted by atomic mass is 9.83. The van der Waals surface area contributed by atoms with Crippen molar-refractivity contribution in [3.05, 3.63) is 35.4 Å². The molecule has 1 aromatic carbocycles. The number of ether oxygens (including phenoxy) is 1. The summed E-state index contributed by atoms with van der Waals surface area (Å²) in [6.45, 7) is 3.16. The second-order valence-corrected chi connectivity index (χ2v) is 8.58. The first-order chi connectivity index (χ1) is 14.8. The van der Waals surface area contributed by atoms with Gasteiger partial charge in [-0.05, 0) is 37.3 Å². The lowest BCUT2D eigenvalue weighted by Gasteiger charge is -2.31. The molecule has 0 aromatic heterocycles. The van der Waals surface area contributed by atoms with Crippen molar-refractivity contribution in [3.8, 4) is 6.07 Å². The zero-order valence-corrected chi connectivity index (χ0v) is 17.8. The highest BCUT2D eigenvalue weighted by Crippen LogP contribution is 2.28. The highest BCUT2D eigenvalue weighted by molar-refractivity contribution is 6.22. The molecule has 3 rings (SSSR count). The Morgan fingerprint density at radius 2 is 1.71 bits per heavy atom. The van der Waals surface area contributed by atoms with Gasteiger partial charge in [0, 0.05) is 0 Å². The van der Waals surface area contributed by atoms with Crippen LogP contribution in [0.15, 0.2) is 24.3 Å². The Labute approximate surface area is 181 Å². The van der Waals surface area contributed by atoms with Gasteiger partial charge in [0.05, 0.1) is 17.2 Å². The minimum atomic E-state index is -1.13. The monoisotopic (exact) mass is 425 g/mol. The first-order valence-corrected chi connectivity index (χ1v) is 10.6. The molecule has 1 fully saturated rings. The van der Waals surface area contributed by atoms with E-state index in [1.165, 1.54) is 0 Å². The van der Waals surface area contributed by atoms with Gasteiger partial charge in [-0.15, -0.1) is 0 Å². The Balaban J connectivity index is 1.68.